The number of morpholine rings is 1. The van der Waals surface area contributed by atoms with Crippen molar-refractivity contribution in [2.45, 2.75) is 25.4 Å². The molecule has 0 unspecified atom stereocenters. The quantitative estimate of drug-likeness (QED) is 0.186. The number of halogens is 2. The number of hydrogen-bond acceptors (Lipinski definition) is 10. The van der Waals surface area contributed by atoms with Crippen LogP contribution in [0.1, 0.15) is 28.2 Å². The van der Waals surface area contributed by atoms with E-state index in [1.165, 1.54) is 11.1 Å². The van der Waals surface area contributed by atoms with Crippen molar-refractivity contribution < 1.29 is 32.9 Å². The molecule has 6 rings (SSSR count). The van der Waals surface area contributed by atoms with Gasteiger partial charge in [-0.25, -0.2) is 13.8 Å². The van der Waals surface area contributed by atoms with Gasteiger partial charge in [-0.05, 0) is 42.8 Å². The number of carbonyl (C=O) groups is 1. The molecule has 0 radical (unpaired) electrons. The Bertz CT molecular complexity index is 1610. The zero-order valence-corrected chi connectivity index (χ0v) is 24.1. The van der Waals surface area contributed by atoms with Gasteiger partial charge in [0.05, 0.1) is 57.7 Å². The number of anilines is 1. The number of nitrogens with zero attached hydrogens (tertiary/aromatic N) is 5. The van der Waals surface area contributed by atoms with Crippen LogP contribution in [-0.2, 0) is 17.8 Å². The van der Waals surface area contributed by atoms with E-state index in [9.17, 15) is 18.7 Å². The number of pyridine rings is 3. The summed E-state index contributed by atoms with van der Waals surface area (Å²) in [6.07, 6.45) is 4.03. The summed E-state index contributed by atoms with van der Waals surface area (Å²) in [5.74, 6) is -1.05. The first-order chi connectivity index (χ1) is 21.4. The fourth-order valence-corrected chi connectivity index (χ4v) is 5.22. The molecular formula is C32H33F2N5O5. The fraction of sp³-hybridized carbons (Fsp3) is 0.375. The third kappa shape index (κ3) is 7.09. The number of aromatic nitrogens is 3. The molecule has 2 fully saturated rings. The highest BCUT2D eigenvalue weighted by Gasteiger charge is 2.44. The monoisotopic (exact) mass is 605 g/mol. The molecule has 230 valence electrons. The number of benzene rings is 1. The lowest BCUT2D eigenvalue weighted by Crippen LogP contribution is -2.56. The third-order valence-electron chi connectivity index (χ3n) is 7.59. The Kier molecular flexibility index (Phi) is 8.91. The highest BCUT2D eigenvalue weighted by molar-refractivity contribution is 5.96. The number of carbonyl (C=O) groups excluding carboxylic acids is 1. The van der Waals surface area contributed by atoms with Crippen molar-refractivity contribution in [3.8, 4) is 17.2 Å². The molecule has 0 amide bonds. The van der Waals surface area contributed by atoms with Gasteiger partial charge < -0.3 is 24.2 Å². The summed E-state index contributed by atoms with van der Waals surface area (Å²) in [7, 11) is 0. The van der Waals surface area contributed by atoms with Crippen LogP contribution < -0.4 is 14.4 Å². The molecule has 0 spiro atoms. The number of rotatable bonds is 12. The molecule has 12 heteroatoms. The van der Waals surface area contributed by atoms with Crippen molar-refractivity contribution in [3.05, 3.63) is 77.9 Å². The molecule has 3 aromatic heterocycles. The number of ether oxygens (including phenoxy) is 3. The number of aliphatic hydroxyl groups is 1. The van der Waals surface area contributed by atoms with Crippen molar-refractivity contribution in [1.29, 1.82) is 0 Å². The lowest BCUT2D eigenvalue weighted by atomic mass is 10.1. The predicted molar refractivity (Wildman–Crippen MR) is 159 cm³/mol. The maximum Gasteiger partial charge on any atom is 0.282 e. The first-order valence-electron chi connectivity index (χ1n) is 14.6. The van der Waals surface area contributed by atoms with Crippen molar-refractivity contribution in [2.24, 2.45) is 0 Å². The number of ketones is 1. The first-order valence-corrected chi connectivity index (χ1v) is 14.6. The number of Topliss-reactive ketones (excluding diaryl/α,β-unsaturated/α-hetero) is 1. The van der Waals surface area contributed by atoms with E-state index in [1.807, 2.05) is 12.1 Å². The normalized spacial score (nSPS) is 16.5. The van der Waals surface area contributed by atoms with Gasteiger partial charge in [0.1, 0.15) is 28.8 Å². The molecule has 2 aliphatic heterocycles. The van der Waals surface area contributed by atoms with Gasteiger partial charge in [-0.2, -0.15) is 0 Å². The van der Waals surface area contributed by atoms with Crippen LogP contribution in [-0.4, -0.2) is 89.2 Å². The summed E-state index contributed by atoms with van der Waals surface area (Å²) in [5, 5.41) is 10.8. The largest absolute Gasteiger partial charge is 0.493 e. The molecule has 2 saturated heterocycles. The van der Waals surface area contributed by atoms with Crippen molar-refractivity contribution in [2.75, 3.05) is 57.4 Å². The molecule has 2 aliphatic rings. The van der Waals surface area contributed by atoms with Gasteiger partial charge in [-0.15, -0.1) is 0 Å². The topological polar surface area (TPSA) is 110 Å². The average Bonchev–Trinajstić information content (AvgIpc) is 3.03. The van der Waals surface area contributed by atoms with Crippen LogP contribution in [0, 0.1) is 0 Å². The van der Waals surface area contributed by atoms with Crippen molar-refractivity contribution >= 4 is 22.5 Å². The van der Waals surface area contributed by atoms with Crippen LogP contribution in [0.4, 0.5) is 14.6 Å². The minimum absolute atomic E-state index is 0.000163. The van der Waals surface area contributed by atoms with Crippen LogP contribution in [0.5, 0.6) is 17.2 Å². The van der Waals surface area contributed by atoms with Crippen LogP contribution in [0.2, 0.25) is 0 Å². The molecule has 44 heavy (non-hydrogen) atoms. The Hall–Kier alpha value is -4.26. The van der Waals surface area contributed by atoms with E-state index in [0.717, 1.165) is 39.3 Å². The van der Waals surface area contributed by atoms with E-state index in [1.54, 1.807) is 42.6 Å². The Morgan fingerprint density at radius 1 is 1.05 bits per heavy atom. The fourth-order valence-electron chi connectivity index (χ4n) is 5.22. The summed E-state index contributed by atoms with van der Waals surface area (Å²) in [4.78, 5) is 29.7. The summed E-state index contributed by atoms with van der Waals surface area (Å²) in [6, 6.07) is 13.6. The molecule has 0 bridgehead atoms. The second-order valence-corrected chi connectivity index (χ2v) is 10.9. The molecule has 1 aromatic carbocycles. The Labute approximate surface area is 253 Å². The maximum absolute atomic E-state index is 13.2. The SMILES string of the molecule is O=C(Cc1ccc(Oc2ccnc3cc(OCCCN4CCOCC4)c(CO)cc23)cn1)c1cccc(N2CC(F)(F)C2)n1. The van der Waals surface area contributed by atoms with E-state index < -0.39 is 19.0 Å². The molecule has 1 N–H and O–H groups in total. The van der Waals surface area contributed by atoms with E-state index >= 15 is 0 Å². The summed E-state index contributed by atoms with van der Waals surface area (Å²) < 4.78 is 44.0. The highest BCUT2D eigenvalue weighted by atomic mass is 19.3. The lowest BCUT2D eigenvalue weighted by Gasteiger charge is -2.39. The summed E-state index contributed by atoms with van der Waals surface area (Å²) in [6.45, 7) is 3.82. The number of aliphatic hydroxyl groups excluding tert-OH is 1. The average molecular weight is 606 g/mol. The standard InChI is InChI=1S/C32H33F2N5O5/c33-32(34)20-39(21-32)31-4-1-3-26(37-31)28(41)16-23-5-6-24(18-36-23)44-29-7-8-35-27-17-30(22(19-40)15-25(27)29)43-12-2-9-38-10-13-42-14-11-38/h1,3-8,15,17-18,40H,2,9-14,16,19-21H2. The van der Waals surface area contributed by atoms with Gasteiger partial charge in [0.2, 0.25) is 0 Å². The van der Waals surface area contributed by atoms with Crippen molar-refractivity contribution in [1.82, 2.24) is 19.9 Å². The number of hydrogen-bond donors (Lipinski definition) is 1. The van der Waals surface area contributed by atoms with E-state index in [-0.39, 0.29) is 24.5 Å². The molecule has 5 heterocycles. The summed E-state index contributed by atoms with van der Waals surface area (Å²) in [5.41, 5.74) is 2.01. The molecule has 0 aliphatic carbocycles. The van der Waals surface area contributed by atoms with Crippen LogP contribution in [0.3, 0.4) is 0 Å². The molecule has 0 saturated carbocycles. The van der Waals surface area contributed by atoms with E-state index in [2.05, 4.69) is 19.9 Å². The smallest absolute Gasteiger partial charge is 0.282 e. The second kappa shape index (κ2) is 13.2. The van der Waals surface area contributed by atoms with Gasteiger partial charge >= 0.3 is 0 Å². The van der Waals surface area contributed by atoms with Gasteiger partial charge in [0, 0.05) is 48.5 Å². The second-order valence-electron chi connectivity index (χ2n) is 10.9. The zero-order chi connectivity index (χ0) is 30.5. The predicted octanol–water partition coefficient (Wildman–Crippen LogP) is 4.29. The lowest BCUT2D eigenvalue weighted by molar-refractivity contribution is -0.0267. The van der Waals surface area contributed by atoms with Crippen molar-refractivity contribution in [3.63, 3.8) is 0 Å². The van der Waals surface area contributed by atoms with E-state index in [0.29, 0.717) is 51.8 Å². The van der Waals surface area contributed by atoms with Crippen LogP contribution in [0.25, 0.3) is 10.9 Å². The third-order valence-corrected chi connectivity index (χ3v) is 7.59. The summed E-state index contributed by atoms with van der Waals surface area (Å²) >= 11 is 0. The molecule has 0 atom stereocenters. The van der Waals surface area contributed by atoms with Crippen LogP contribution in [0.15, 0.2) is 60.9 Å². The molecule has 10 nitrogen and oxygen atoms in total. The Balaban J connectivity index is 1.08. The Morgan fingerprint density at radius 3 is 2.64 bits per heavy atom. The molecular weight excluding hydrogens is 572 g/mol. The van der Waals surface area contributed by atoms with E-state index in [4.69, 9.17) is 14.2 Å². The van der Waals surface area contributed by atoms with Crippen LogP contribution >= 0.6 is 0 Å². The van der Waals surface area contributed by atoms with Gasteiger partial charge in [0.25, 0.3) is 5.92 Å². The highest BCUT2D eigenvalue weighted by Crippen LogP contribution is 2.34. The Morgan fingerprint density at radius 2 is 1.89 bits per heavy atom. The van der Waals surface area contributed by atoms with Gasteiger partial charge in [-0.3, -0.25) is 19.7 Å². The number of fused-ring (bicyclic) bond motifs is 1. The minimum atomic E-state index is -2.72. The van der Waals surface area contributed by atoms with Gasteiger partial charge in [0.15, 0.2) is 5.78 Å². The van der Waals surface area contributed by atoms with Gasteiger partial charge in [-0.1, -0.05) is 6.07 Å². The zero-order valence-electron chi connectivity index (χ0n) is 24.1. The first kappa shape index (κ1) is 29.8. The minimum Gasteiger partial charge on any atom is -0.493 e. The molecule has 4 aromatic rings. The maximum atomic E-state index is 13.2. The number of alkyl halides is 2.